The van der Waals surface area contributed by atoms with Gasteiger partial charge in [0.2, 0.25) is 5.91 Å². The minimum atomic E-state index is -6.71. The fraction of sp³-hybridized carbons (Fsp3) is 0.909. The number of hydrogen-bond acceptors (Lipinski definition) is 4. The lowest BCUT2D eigenvalue weighted by molar-refractivity contribution is -0.344. The van der Waals surface area contributed by atoms with Gasteiger partial charge in [-0.2, -0.15) is 30.7 Å². The third-order valence-electron chi connectivity index (χ3n) is 7.66. The Morgan fingerprint density at radius 1 is 0.587 bits per heavy atom. The average Bonchev–Trinajstić information content (AvgIpc) is 2.94. The molecule has 0 saturated carbocycles. The molecule has 0 aromatic carbocycles. The van der Waals surface area contributed by atoms with Gasteiger partial charge in [-0.05, 0) is 31.1 Å². The molecule has 272 valence electrons. The molecule has 2 unspecified atom stereocenters. The summed E-state index contributed by atoms with van der Waals surface area (Å²) in [6, 6.07) is -3.15. The molecule has 0 rings (SSSR count). The SMILES string of the molecule is CCCCCCCCCCCCCCCCCOC(=O)C(CC(C)C)NC(=O)C(CC(C)C)NC(=O)C(F)(F)C(F)(F)C(F)(F)F. The van der Waals surface area contributed by atoms with Gasteiger partial charge in [0.1, 0.15) is 12.1 Å². The van der Waals surface area contributed by atoms with Crippen LogP contribution >= 0.6 is 0 Å². The lowest BCUT2D eigenvalue weighted by Gasteiger charge is -2.29. The number of carbonyl (C=O) groups excluding carboxylic acids is 3. The van der Waals surface area contributed by atoms with Gasteiger partial charge in [-0.15, -0.1) is 0 Å². The molecule has 2 atom stereocenters. The molecule has 2 amide bonds. The van der Waals surface area contributed by atoms with E-state index in [1.807, 2.05) is 0 Å². The third kappa shape index (κ3) is 17.2. The number of rotatable bonds is 26. The largest absolute Gasteiger partial charge is 0.464 e. The number of unbranched alkanes of at least 4 members (excludes halogenated alkanes) is 14. The normalized spacial score (nSPS) is 14.0. The number of ether oxygens (including phenoxy) is 1. The maximum Gasteiger partial charge on any atom is 0.460 e. The number of amides is 2. The molecular weight excluding hydrogens is 621 g/mol. The van der Waals surface area contributed by atoms with Crippen LogP contribution in [-0.4, -0.2) is 54.5 Å². The van der Waals surface area contributed by atoms with E-state index in [2.05, 4.69) is 12.2 Å². The van der Waals surface area contributed by atoms with Crippen molar-refractivity contribution >= 4 is 17.8 Å². The van der Waals surface area contributed by atoms with Crippen molar-refractivity contribution in [2.24, 2.45) is 11.8 Å². The highest BCUT2D eigenvalue weighted by Gasteiger charge is 2.76. The van der Waals surface area contributed by atoms with Gasteiger partial charge >= 0.3 is 24.0 Å². The first-order valence-electron chi connectivity index (χ1n) is 17.0. The lowest BCUT2D eigenvalue weighted by atomic mass is 10.00. The van der Waals surface area contributed by atoms with E-state index >= 15 is 0 Å². The molecule has 46 heavy (non-hydrogen) atoms. The maximum atomic E-state index is 13.9. The summed E-state index contributed by atoms with van der Waals surface area (Å²) in [6.07, 6.45) is 10.5. The summed E-state index contributed by atoms with van der Waals surface area (Å²) in [4.78, 5) is 37.6. The molecule has 0 aromatic heterocycles. The van der Waals surface area contributed by atoms with Crippen molar-refractivity contribution in [3.63, 3.8) is 0 Å². The van der Waals surface area contributed by atoms with Crippen LogP contribution in [0, 0.1) is 11.8 Å². The second-order valence-corrected chi connectivity index (χ2v) is 13.1. The van der Waals surface area contributed by atoms with Gasteiger partial charge in [0, 0.05) is 0 Å². The zero-order chi connectivity index (χ0) is 35.4. The highest BCUT2D eigenvalue weighted by Crippen LogP contribution is 2.46. The van der Waals surface area contributed by atoms with Crippen molar-refractivity contribution in [1.29, 1.82) is 0 Å². The Hall–Kier alpha value is -2.08. The number of carbonyl (C=O) groups is 3. The van der Waals surface area contributed by atoms with Crippen molar-refractivity contribution in [1.82, 2.24) is 10.6 Å². The Morgan fingerprint density at radius 2 is 0.978 bits per heavy atom. The molecule has 0 aliphatic carbocycles. The van der Waals surface area contributed by atoms with Gasteiger partial charge < -0.3 is 15.4 Å². The minimum Gasteiger partial charge on any atom is -0.464 e. The predicted octanol–water partition coefficient (Wildman–Crippen LogP) is 9.30. The van der Waals surface area contributed by atoms with E-state index in [4.69, 9.17) is 4.74 Å². The van der Waals surface area contributed by atoms with Crippen LogP contribution in [-0.2, 0) is 19.1 Å². The first-order chi connectivity index (χ1) is 21.4. The van der Waals surface area contributed by atoms with E-state index < -0.39 is 53.8 Å². The van der Waals surface area contributed by atoms with Crippen LogP contribution in [0.25, 0.3) is 0 Å². The van der Waals surface area contributed by atoms with Gasteiger partial charge in [-0.3, -0.25) is 9.59 Å². The second kappa shape index (κ2) is 22.5. The van der Waals surface area contributed by atoms with E-state index in [0.29, 0.717) is 6.42 Å². The van der Waals surface area contributed by atoms with E-state index in [-0.39, 0.29) is 25.4 Å². The third-order valence-corrected chi connectivity index (χ3v) is 7.66. The molecule has 0 saturated heterocycles. The van der Waals surface area contributed by atoms with Gasteiger partial charge in [0.05, 0.1) is 6.61 Å². The van der Waals surface area contributed by atoms with Crippen molar-refractivity contribution < 1.29 is 49.9 Å². The number of alkyl halides is 7. The lowest BCUT2D eigenvalue weighted by Crippen LogP contribution is -2.62. The van der Waals surface area contributed by atoms with Crippen LogP contribution in [0.15, 0.2) is 0 Å². The molecule has 0 bridgehead atoms. The van der Waals surface area contributed by atoms with Gasteiger partial charge in [0.25, 0.3) is 5.91 Å². The zero-order valence-corrected chi connectivity index (χ0v) is 28.3. The van der Waals surface area contributed by atoms with E-state index in [9.17, 15) is 45.1 Å². The molecule has 0 spiro atoms. The van der Waals surface area contributed by atoms with E-state index in [1.54, 1.807) is 13.8 Å². The van der Waals surface area contributed by atoms with Gasteiger partial charge in [-0.25, -0.2) is 4.79 Å². The average molecular weight is 679 g/mol. The van der Waals surface area contributed by atoms with Crippen LogP contribution in [0.4, 0.5) is 30.7 Å². The molecule has 0 radical (unpaired) electrons. The topological polar surface area (TPSA) is 84.5 Å². The summed E-state index contributed by atoms with van der Waals surface area (Å²) in [5, 5.41) is 3.63. The Bertz CT molecular complexity index is 867. The number of hydrogen-bond donors (Lipinski definition) is 2. The van der Waals surface area contributed by atoms with Crippen LogP contribution < -0.4 is 10.6 Å². The van der Waals surface area contributed by atoms with Crippen molar-refractivity contribution in [2.45, 2.75) is 174 Å². The molecule has 0 aliphatic heterocycles. The summed E-state index contributed by atoms with van der Waals surface area (Å²) in [5.41, 5.74) is 0. The van der Waals surface area contributed by atoms with Gasteiger partial charge in [-0.1, -0.05) is 125 Å². The Morgan fingerprint density at radius 3 is 1.37 bits per heavy atom. The van der Waals surface area contributed by atoms with Crippen LogP contribution in [0.3, 0.4) is 0 Å². The molecule has 0 aliphatic rings. The monoisotopic (exact) mass is 678 g/mol. The summed E-state index contributed by atoms with van der Waals surface area (Å²) in [5.74, 6) is -18.4. The Kier molecular flexibility index (Phi) is 21.5. The first kappa shape index (κ1) is 43.9. The van der Waals surface area contributed by atoms with Crippen molar-refractivity contribution in [2.75, 3.05) is 6.61 Å². The van der Waals surface area contributed by atoms with Crippen LogP contribution in [0.5, 0.6) is 0 Å². The summed E-state index contributed by atoms with van der Waals surface area (Å²) < 4.78 is 97.5. The number of esters is 1. The highest BCUT2D eigenvalue weighted by atomic mass is 19.4. The fourth-order valence-electron chi connectivity index (χ4n) is 4.98. The van der Waals surface area contributed by atoms with Crippen LogP contribution in [0.1, 0.15) is 144 Å². The quantitative estimate of drug-likeness (QED) is 0.0543. The zero-order valence-electron chi connectivity index (χ0n) is 28.3. The molecule has 0 fully saturated rings. The smallest absolute Gasteiger partial charge is 0.460 e. The molecule has 6 nitrogen and oxygen atoms in total. The first-order valence-corrected chi connectivity index (χ1v) is 17.0. The maximum absolute atomic E-state index is 13.9. The van der Waals surface area contributed by atoms with E-state index in [1.165, 1.54) is 83.4 Å². The Labute approximate surface area is 270 Å². The molecule has 13 heteroatoms. The number of halogens is 7. The second-order valence-electron chi connectivity index (χ2n) is 13.1. The van der Waals surface area contributed by atoms with Crippen LogP contribution in [0.2, 0.25) is 0 Å². The molecular formula is C33H57F7N2O4. The summed E-state index contributed by atoms with van der Waals surface area (Å²) in [6.45, 7) is 8.84. The van der Waals surface area contributed by atoms with E-state index in [0.717, 1.165) is 25.7 Å². The van der Waals surface area contributed by atoms with Gasteiger partial charge in [0.15, 0.2) is 0 Å². The van der Waals surface area contributed by atoms with Crippen molar-refractivity contribution in [3.8, 4) is 0 Å². The van der Waals surface area contributed by atoms with Crippen molar-refractivity contribution in [3.05, 3.63) is 0 Å². The molecule has 0 heterocycles. The summed E-state index contributed by atoms with van der Waals surface area (Å²) >= 11 is 0. The number of nitrogens with one attached hydrogen (secondary N) is 2. The fourth-order valence-corrected chi connectivity index (χ4v) is 4.98. The minimum absolute atomic E-state index is 0.0775. The Balaban J connectivity index is 4.75. The summed E-state index contributed by atoms with van der Waals surface area (Å²) in [7, 11) is 0. The highest BCUT2D eigenvalue weighted by molar-refractivity contribution is 5.93. The molecule has 0 aromatic rings. The predicted molar refractivity (Wildman–Crippen MR) is 165 cm³/mol. The standard InChI is InChI=1S/C33H57F7N2O4/c1-6-7-8-9-10-11-12-13-14-15-16-17-18-19-20-21-46-29(44)27(23-25(4)5)41-28(43)26(22-24(2)3)42-30(45)31(34,35)32(36,37)33(38,39)40/h24-27H,6-23H2,1-5H3,(H,41,43)(H,42,45). The molecule has 2 N–H and O–H groups in total.